The van der Waals surface area contributed by atoms with E-state index in [1.807, 2.05) is 6.92 Å². The van der Waals surface area contributed by atoms with Gasteiger partial charge in [0.1, 0.15) is 6.61 Å². The number of hydrogen-bond acceptors (Lipinski definition) is 12. The highest BCUT2D eigenvalue weighted by Gasteiger charge is 2.22. The van der Waals surface area contributed by atoms with Gasteiger partial charge in [-0.15, -0.1) is 0 Å². The van der Waals surface area contributed by atoms with E-state index in [0.717, 1.165) is 11.3 Å². The third kappa shape index (κ3) is 21.5. The molecular weight excluding hydrogens is 518 g/mol. The Morgan fingerprint density at radius 3 is 1.18 bits per heavy atom. The van der Waals surface area contributed by atoms with Crippen LogP contribution in [0.25, 0.3) is 0 Å². The Kier molecular flexibility index (Phi) is 23.6. The topological polar surface area (TPSA) is 138 Å². The van der Waals surface area contributed by atoms with Crippen LogP contribution in [0.1, 0.15) is 19.8 Å². The number of amides is 2. The van der Waals surface area contributed by atoms with Gasteiger partial charge in [-0.1, -0.05) is 6.92 Å². The van der Waals surface area contributed by atoms with Crippen molar-refractivity contribution in [2.45, 2.75) is 19.8 Å². The molecule has 39 heavy (non-hydrogen) atoms. The third-order valence-electron chi connectivity index (χ3n) is 4.91. The summed E-state index contributed by atoms with van der Waals surface area (Å²) < 4.78 is 48.1. The minimum Gasteiger partial charge on any atom is -0.463 e. The predicted octanol–water partition coefficient (Wildman–Crippen LogP) is 0.388. The van der Waals surface area contributed by atoms with E-state index < -0.39 is 0 Å². The summed E-state index contributed by atoms with van der Waals surface area (Å²) in [4.78, 5) is 35.0. The summed E-state index contributed by atoms with van der Waals surface area (Å²) >= 11 is 0. The Balaban J connectivity index is 1.65. The van der Waals surface area contributed by atoms with E-state index in [9.17, 15) is 14.4 Å². The highest BCUT2D eigenvalue weighted by molar-refractivity contribution is 6.12. The average Bonchev–Trinajstić information content (AvgIpc) is 3.25. The number of hydrogen-bond donors (Lipinski definition) is 0. The number of ether oxygens (including phenoxy) is 9. The predicted molar refractivity (Wildman–Crippen MR) is 138 cm³/mol. The summed E-state index contributed by atoms with van der Waals surface area (Å²) in [6, 6.07) is 0. The van der Waals surface area contributed by atoms with Crippen LogP contribution >= 0.6 is 0 Å². The highest BCUT2D eigenvalue weighted by Crippen LogP contribution is 2.02. The van der Waals surface area contributed by atoms with Gasteiger partial charge in [-0.2, -0.15) is 0 Å². The lowest BCUT2D eigenvalue weighted by Crippen LogP contribution is -2.33. The highest BCUT2D eigenvalue weighted by atomic mass is 16.6. The lowest BCUT2D eigenvalue weighted by molar-refractivity contribution is -0.145. The summed E-state index contributed by atoms with van der Waals surface area (Å²) in [5.41, 5.74) is 0. The van der Waals surface area contributed by atoms with Crippen molar-refractivity contribution < 1.29 is 57.0 Å². The molecule has 0 saturated carbocycles. The first-order valence-corrected chi connectivity index (χ1v) is 13.5. The molecule has 0 aromatic carbocycles. The van der Waals surface area contributed by atoms with E-state index in [0.29, 0.717) is 106 Å². The van der Waals surface area contributed by atoms with Crippen LogP contribution in [0.2, 0.25) is 0 Å². The second-order valence-electron chi connectivity index (χ2n) is 8.03. The van der Waals surface area contributed by atoms with E-state index >= 15 is 0 Å². The van der Waals surface area contributed by atoms with Gasteiger partial charge in [0.05, 0.1) is 112 Å². The Hall–Kier alpha value is -1.97. The number of rotatable bonds is 29. The lowest BCUT2D eigenvalue weighted by Gasteiger charge is -2.13. The van der Waals surface area contributed by atoms with E-state index in [1.54, 1.807) is 0 Å². The number of imide groups is 1. The fraction of sp³-hybridized carbons (Fsp3) is 0.808. The monoisotopic (exact) mass is 563 g/mol. The number of nitrogens with zero attached hydrogens (tertiary/aromatic N) is 1. The van der Waals surface area contributed by atoms with Crippen molar-refractivity contribution in [3.05, 3.63) is 12.2 Å². The molecule has 0 unspecified atom stereocenters. The Morgan fingerprint density at radius 2 is 0.846 bits per heavy atom. The minimum absolute atomic E-state index is 0.195. The van der Waals surface area contributed by atoms with Crippen molar-refractivity contribution in [1.82, 2.24) is 4.90 Å². The Morgan fingerprint density at radius 1 is 0.538 bits per heavy atom. The molecular formula is C26H45NO12. The molecule has 2 amide bonds. The zero-order chi connectivity index (χ0) is 28.2. The van der Waals surface area contributed by atoms with Gasteiger partial charge in [0.15, 0.2) is 0 Å². The Bertz CT molecular complexity index is 643. The van der Waals surface area contributed by atoms with Crippen LogP contribution in [0.5, 0.6) is 0 Å². The van der Waals surface area contributed by atoms with Crippen molar-refractivity contribution in [2.75, 3.05) is 119 Å². The smallest absolute Gasteiger partial charge is 0.305 e. The maximum absolute atomic E-state index is 11.4. The summed E-state index contributed by atoms with van der Waals surface area (Å²) in [6.07, 6.45) is 3.72. The van der Waals surface area contributed by atoms with Crippen LogP contribution in [0, 0.1) is 0 Å². The van der Waals surface area contributed by atoms with Crippen LogP contribution in [-0.4, -0.2) is 142 Å². The van der Waals surface area contributed by atoms with Gasteiger partial charge in [0.2, 0.25) is 0 Å². The molecule has 0 aromatic heterocycles. The van der Waals surface area contributed by atoms with Crippen molar-refractivity contribution in [3.8, 4) is 0 Å². The first kappa shape index (κ1) is 35.1. The van der Waals surface area contributed by atoms with E-state index in [4.69, 9.17) is 42.6 Å². The fourth-order valence-corrected chi connectivity index (χ4v) is 2.94. The molecule has 0 spiro atoms. The van der Waals surface area contributed by atoms with Crippen LogP contribution in [0.15, 0.2) is 12.2 Å². The molecule has 0 bridgehead atoms. The third-order valence-corrected chi connectivity index (χ3v) is 4.91. The molecule has 0 radical (unpaired) electrons. The molecule has 226 valence electrons. The quantitative estimate of drug-likeness (QED) is 0.0707. The SMILES string of the molecule is CCCC(=O)OCCOCCOCCOCCOCCOCCOCCOCCOCCN1C(=O)C=CC1=O. The van der Waals surface area contributed by atoms with Crippen LogP contribution in [0.4, 0.5) is 0 Å². The maximum atomic E-state index is 11.4. The molecule has 1 rings (SSSR count). The van der Waals surface area contributed by atoms with Gasteiger partial charge in [0.25, 0.3) is 11.8 Å². The molecule has 1 heterocycles. The van der Waals surface area contributed by atoms with Crippen molar-refractivity contribution in [1.29, 1.82) is 0 Å². The van der Waals surface area contributed by atoms with Gasteiger partial charge in [0, 0.05) is 18.6 Å². The zero-order valence-electron chi connectivity index (χ0n) is 23.1. The van der Waals surface area contributed by atoms with Crippen LogP contribution in [-0.2, 0) is 57.0 Å². The molecule has 0 atom stereocenters. The maximum Gasteiger partial charge on any atom is 0.305 e. The standard InChI is InChI=1S/C26H45NO12/c1-2-3-26(30)39-23-22-38-21-20-37-19-18-36-17-16-35-15-14-34-13-12-33-11-10-32-9-8-31-7-6-27-24(28)4-5-25(27)29/h4-5H,2-3,6-23H2,1H3. The van der Waals surface area contributed by atoms with Gasteiger partial charge in [-0.05, 0) is 6.42 Å². The lowest BCUT2D eigenvalue weighted by atomic mass is 10.3. The normalized spacial score (nSPS) is 13.1. The first-order valence-electron chi connectivity index (χ1n) is 13.5. The van der Waals surface area contributed by atoms with Gasteiger partial charge < -0.3 is 42.6 Å². The molecule has 0 aromatic rings. The molecule has 1 aliphatic rings. The number of carbonyl (C=O) groups is 3. The van der Waals surface area contributed by atoms with Crippen molar-refractivity contribution >= 4 is 17.8 Å². The summed E-state index contributed by atoms with van der Waals surface area (Å²) in [5, 5.41) is 0. The van der Waals surface area contributed by atoms with E-state index in [1.165, 1.54) is 12.2 Å². The summed E-state index contributed by atoms with van der Waals surface area (Å²) in [5.74, 6) is -0.811. The van der Waals surface area contributed by atoms with Gasteiger partial charge >= 0.3 is 5.97 Å². The summed E-state index contributed by atoms with van der Waals surface area (Å²) in [7, 11) is 0. The van der Waals surface area contributed by atoms with Crippen LogP contribution in [0.3, 0.4) is 0 Å². The minimum atomic E-state index is -0.308. The largest absolute Gasteiger partial charge is 0.463 e. The molecule has 0 N–H and O–H groups in total. The summed E-state index contributed by atoms with van der Waals surface area (Å²) in [6.45, 7) is 9.45. The molecule has 13 heteroatoms. The molecule has 1 aliphatic heterocycles. The molecule has 13 nitrogen and oxygen atoms in total. The second-order valence-corrected chi connectivity index (χ2v) is 8.03. The van der Waals surface area contributed by atoms with Crippen LogP contribution < -0.4 is 0 Å². The first-order chi connectivity index (χ1) is 19.1. The second kappa shape index (κ2) is 26.3. The number of esters is 1. The Labute approximate surface area is 230 Å². The van der Waals surface area contributed by atoms with Gasteiger partial charge in [-0.3, -0.25) is 19.3 Å². The molecule has 0 fully saturated rings. The zero-order valence-corrected chi connectivity index (χ0v) is 23.1. The average molecular weight is 564 g/mol. The number of carbonyl (C=O) groups excluding carboxylic acids is 3. The molecule has 0 aliphatic carbocycles. The van der Waals surface area contributed by atoms with E-state index in [-0.39, 0.29) is 37.5 Å². The molecule has 0 saturated heterocycles. The van der Waals surface area contributed by atoms with Crippen molar-refractivity contribution in [3.63, 3.8) is 0 Å². The van der Waals surface area contributed by atoms with Gasteiger partial charge in [-0.25, -0.2) is 0 Å². The fourth-order valence-electron chi connectivity index (χ4n) is 2.94. The van der Waals surface area contributed by atoms with Crippen molar-refractivity contribution in [2.24, 2.45) is 0 Å². The van der Waals surface area contributed by atoms with E-state index in [2.05, 4.69) is 0 Å².